The zero-order valence-corrected chi connectivity index (χ0v) is 10.3. The van der Waals surface area contributed by atoms with Crippen molar-refractivity contribution in [3.05, 3.63) is 40.4 Å². The summed E-state index contributed by atoms with van der Waals surface area (Å²) in [6.07, 6.45) is 0. The highest BCUT2D eigenvalue weighted by Crippen LogP contribution is 2.28. The zero-order valence-electron chi connectivity index (χ0n) is 7.99. The first-order chi connectivity index (χ1) is 8.04. The Morgan fingerprint density at radius 3 is 2.29 bits per heavy atom. The van der Waals surface area contributed by atoms with Crippen LogP contribution in [-0.2, 0) is 0 Å². The second-order valence-electron chi connectivity index (χ2n) is 2.83. The van der Waals surface area contributed by atoms with Gasteiger partial charge in [-0.05, 0) is 53.2 Å². The summed E-state index contributed by atoms with van der Waals surface area (Å²) in [5.74, 6) is -1.13. The predicted octanol–water partition coefficient (Wildman–Crippen LogP) is 3.61. The van der Waals surface area contributed by atoms with E-state index in [0.29, 0.717) is 0 Å². The van der Waals surface area contributed by atoms with Gasteiger partial charge in [0.05, 0.1) is 4.90 Å². The minimum Gasteiger partial charge on any atom is -0.207 e. The summed E-state index contributed by atoms with van der Waals surface area (Å²) < 4.78 is 26.3. The molecule has 17 heavy (non-hydrogen) atoms. The molecule has 0 aliphatic carbocycles. The van der Waals surface area contributed by atoms with E-state index in [9.17, 15) is 8.78 Å². The van der Waals surface area contributed by atoms with E-state index in [-0.39, 0.29) is 20.6 Å². The van der Waals surface area contributed by atoms with E-state index in [4.69, 9.17) is 23.2 Å². The molecule has 88 valence electrons. The van der Waals surface area contributed by atoms with Crippen LogP contribution in [-0.4, -0.2) is 15.0 Å². The van der Waals surface area contributed by atoms with Gasteiger partial charge >= 0.3 is 0 Å². The lowest BCUT2D eigenvalue weighted by Gasteiger charge is -2.02. The van der Waals surface area contributed by atoms with Gasteiger partial charge in [0.15, 0.2) is 5.16 Å². The zero-order chi connectivity index (χ0) is 12.4. The molecule has 1 heterocycles. The van der Waals surface area contributed by atoms with Crippen LogP contribution in [0.1, 0.15) is 0 Å². The Morgan fingerprint density at radius 2 is 1.65 bits per heavy atom. The van der Waals surface area contributed by atoms with Crippen LogP contribution < -0.4 is 0 Å². The van der Waals surface area contributed by atoms with Crippen molar-refractivity contribution in [2.24, 2.45) is 0 Å². The van der Waals surface area contributed by atoms with E-state index in [2.05, 4.69) is 15.0 Å². The van der Waals surface area contributed by atoms with Crippen LogP contribution in [0.3, 0.4) is 0 Å². The molecule has 0 fully saturated rings. The lowest BCUT2D eigenvalue weighted by atomic mass is 10.3. The fraction of sp³-hybridized carbons (Fsp3) is 0. The smallest absolute Gasteiger partial charge is 0.207 e. The van der Waals surface area contributed by atoms with Crippen molar-refractivity contribution in [1.29, 1.82) is 0 Å². The standard InChI is InChI=1S/C9H3Cl2F2N3S/c10-7-14-8(11)16-9(15-7)17-6-3-4(12)1-2-5(6)13/h1-3H. The van der Waals surface area contributed by atoms with Gasteiger partial charge in [0.1, 0.15) is 11.6 Å². The Hall–Kier alpha value is -0.980. The molecule has 0 amide bonds. The number of nitrogens with zero attached hydrogens (tertiary/aromatic N) is 3. The first-order valence-corrected chi connectivity index (χ1v) is 5.82. The van der Waals surface area contributed by atoms with Gasteiger partial charge < -0.3 is 0 Å². The molecule has 8 heteroatoms. The molecule has 0 radical (unpaired) electrons. The quantitative estimate of drug-likeness (QED) is 0.848. The third-order valence-corrected chi connectivity index (χ3v) is 2.89. The lowest BCUT2D eigenvalue weighted by molar-refractivity contribution is 0.577. The molecular weight excluding hydrogens is 291 g/mol. The molecule has 3 nitrogen and oxygen atoms in total. The van der Waals surface area contributed by atoms with Gasteiger partial charge in [0, 0.05) is 0 Å². The van der Waals surface area contributed by atoms with E-state index in [0.717, 1.165) is 30.0 Å². The van der Waals surface area contributed by atoms with E-state index in [1.807, 2.05) is 0 Å². The maximum absolute atomic E-state index is 13.3. The van der Waals surface area contributed by atoms with Crippen LogP contribution in [0.15, 0.2) is 28.3 Å². The number of hydrogen-bond donors (Lipinski definition) is 0. The van der Waals surface area contributed by atoms with Crippen molar-refractivity contribution in [2.75, 3.05) is 0 Å². The SMILES string of the molecule is Fc1ccc(F)c(Sc2nc(Cl)nc(Cl)n2)c1. The van der Waals surface area contributed by atoms with Gasteiger partial charge in [0.25, 0.3) is 0 Å². The predicted molar refractivity (Wildman–Crippen MR) is 60.3 cm³/mol. The molecule has 0 spiro atoms. The molecule has 2 rings (SSSR count). The van der Waals surface area contributed by atoms with E-state index in [1.165, 1.54) is 0 Å². The number of benzene rings is 1. The van der Waals surface area contributed by atoms with Gasteiger partial charge in [-0.15, -0.1) is 0 Å². The van der Waals surface area contributed by atoms with Crippen molar-refractivity contribution in [1.82, 2.24) is 15.0 Å². The molecule has 0 aliphatic heterocycles. The Bertz CT molecular complexity index is 548. The molecule has 1 aromatic heterocycles. The average Bonchev–Trinajstić information content (AvgIpc) is 2.22. The minimum atomic E-state index is -0.580. The monoisotopic (exact) mass is 293 g/mol. The summed E-state index contributed by atoms with van der Waals surface area (Å²) >= 11 is 11.9. The third-order valence-electron chi connectivity index (χ3n) is 1.65. The second-order valence-corrected chi connectivity index (χ2v) is 4.52. The topological polar surface area (TPSA) is 38.7 Å². The van der Waals surface area contributed by atoms with E-state index >= 15 is 0 Å². The first kappa shape index (κ1) is 12.5. The largest absolute Gasteiger partial charge is 0.227 e. The van der Waals surface area contributed by atoms with E-state index in [1.54, 1.807) is 0 Å². The maximum atomic E-state index is 13.3. The number of hydrogen-bond acceptors (Lipinski definition) is 4. The molecule has 0 N–H and O–H groups in total. The van der Waals surface area contributed by atoms with Crippen molar-refractivity contribution >= 4 is 35.0 Å². The van der Waals surface area contributed by atoms with Crippen LogP contribution in [0.4, 0.5) is 8.78 Å². The highest BCUT2D eigenvalue weighted by molar-refractivity contribution is 7.99. The summed E-state index contributed by atoms with van der Waals surface area (Å²) in [7, 11) is 0. The fourth-order valence-electron chi connectivity index (χ4n) is 1.01. The minimum absolute atomic E-state index is 0.0448. The summed E-state index contributed by atoms with van der Waals surface area (Å²) in [5.41, 5.74) is 0. The maximum Gasteiger partial charge on any atom is 0.227 e. The van der Waals surface area contributed by atoms with Gasteiger partial charge in [-0.2, -0.15) is 15.0 Å². The van der Waals surface area contributed by atoms with Crippen LogP contribution >= 0.6 is 35.0 Å². The van der Waals surface area contributed by atoms with E-state index < -0.39 is 11.6 Å². The molecule has 0 unspecified atom stereocenters. The molecule has 0 saturated heterocycles. The van der Waals surface area contributed by atoms with Crippen LogP contribution in [0.5, 0.6) is 0 Å². The Balaban J connectivity index is 2.34. The second kappa shape index (κ2) is 5.12. The van der Waals surface area contributed by atoms with Gasteiger partial charge in [-0.1, -0.05) is 0 Å². The Morgan fingerprint density at radius 1 is 1.00 bits per heavy atom. The van der Waals surface area contributed by atoms with Crippen LogP contribution in [0, 0.1) is 11.6 Å². The number of aromatic nitrogens is 3. The van der Waals surface area contributed by atoms with Crippen molar-refractivity contribution in [2.45, 2.75) is 10.1 Å². The number of halogens is 4. The summed E-state index contributed by atoms with van der Waals surface area (Å²) in [5, 5.41) is -0.117. The highest BCUT2D eigenvalue weighted by Gasteiger charge is 2.10. The molecular formula is C9H3Cl2F2N3S. The Labute approximate surface area is 109 Å². The molecule has 0 aliphatic rings. The van der Waals surface area contributed by atoms with Crippen LogP contribution in [0.25, 0.3) is 0 Å². The van der Waals surface area contributed by atoms with Crippen molar-refractivity contribution < 1.29 is 8.78 Å². The van der Waals surface area contributed by atoms with Crippen LogP contribution in [0.2, 0.25) is 10.6 Å². The molecule has 2 aromatic rings. The Kier molecular flexibility index (Phi) is 3.76. The summed E-state index contributed by atoms with van der Waals surface area (Å²) in [6, 6.07) is 3.07. The fourth-order valence-corrected chi connectivity index (χ4v) is 2.27. The third kappa shape index (κ3) is 3.24. The van der Waals surface area contributed by atoms with Gasteiger partial charge in [0.2, 0.25) is 10.6 Å². The van der Waals surface area contributed by atoms with Gasteiger partial charge in [-0.25, -0.2) is 8.78 Å². The van der Waals surface area contributed by atoms with Gasteiger partial charge in [-0.3, -0.25) is 0 Å². The molecule has 0 atom stereocenters. The average molecular weight is 294 g/mol. The number of rotatable bonds is 2. The summed E-state index contributed by atoms with van der Waals surface area (Å²) in [6.45, 7) is 0. The first-order valence-electron chi connectivity index (χ1n) is 4.24. The summed E-state index contributed by atoms with van der Waals surface area (Å²) in [4.78, 5) is 11.1. The normalized spacial score (nSPS) is 10.6. The molecule has 0 bridgehead atoms. The molecule has 0 saturated carbocycles. The highest BCUT2D eigenvalue weighted by atomic mass is 35.5. The van der Waals surface area contributed by atoms with Crippen molar-refractivity contribution in [3.63, 3.8) is 0 Å². The molecule has 1 aromatic carbocycles. The lowest BCUT2D eigenvalue weighted by Crippen LogP contribution is -1.93. The van der Waals surface area contributed by atoms with Crippen molar-refractivity contribution in [3.8, 4) is 0 Å².